The van der Waals surface area contributed by atoms with Gasteiger partial charge in [0, 0.05) is 0 Å². The quantitative estimate of drug-likeness (QED) is 0.594. The molecule has 0 aliphatic heterocycles. The molecule has 0 amide bonds. The van der Waals surface area contributed by atoms with E-state index in [9.17, 15) is 48.3 Å². The van der Waals surface area contributed by atoms with Crippen LogP contribution in [0.25, 0.3) is 0 Å². The van der Waals surface area contributed by atoms with E-state index >= 15 is 0 Å². The van der Waals surface area contributed by atoms with Crippen molar-refractivity contribution in [1.82, 2.24) is 0 Å². The molecule has 17 heavy (non-hydrogen) atoms. The molecular formula is C6HF11. The summed E-state index contributed by atoms with van der Waals surface area (Å²) in [6.07, 6.45) is -6.60. The van der Waals surface area contributed by atoms with Crippen molar-refractivity contribution in [2.45, 2.75) is 29.9 Å². The van der Waals surface area contributed by atoms with Crippen LogP contribution in [0.15, 0.2) is 0 Å². The molecule has 1 aliphatic rings. The first kappa shape index (κ1) is 14.3. The maximum atomic E-state index is 12.4. The van der Waals surface area contributed by atoms with E-state index in [4.69, 9.17) is 0 Å². The van der Waals surface area contributed by atoms with Crippen molar-refractivity contribution in [2.24, 2.45) is 5.92 Å². The van der Waals surface area contributed by atoms with Gasteiger partial charge in [-0.3, -0.25) is 0 Å². The van der Waals surface area contributed by atoms with Gasteiger partial charge >= 0.3 is 29.9 Å². The average Bonchev–Trinajstić information content (AvgIpc) is 2.03. The zero-order valence-corrected chi connectivity index (χ0v) is 7.23. The molecule has 102 valence electrons. The smallest absolute Gasteiger partial charge is 0.199 e. The minimum absolute atomic E-state index is 5.44. The molecule has 0 aromatic rings. The van der Waals surface area contributed by atoms with Gasteiger partial charge in [0.25, 0.3) is 0 Å². The van der Waals surface area contributed by atoms with Gasteiger partial charge in [-0.2, -0.15) is 48.3 Å². The molecule has 0 bridgehead atoms. The van der Waals surface area contributed by atoms with Crippen LogP contribution in [0.5, 0.6) is 0 Å². The van der Waals surface area contributed by atoms with Gasteiger partial charge in [-0.25, -0.2) is 0 Å². The molecular weight excluding hydrogens is 281 g/mol. The standard InChI is InChI=1S/C6HF11/c7-2(8)1(4(11,12)13)3(9,10)6(16,17)5(2,14)15/h1H. The molecule has 0 aromatic heterocycles. The minimum atomic E-state index is -6.79. The Morgan fingerprint density at radius 3 is 0.941 bits per heavy atom. The van der Waals surface area contributed by atoms with Crippen molar-refractivity contribution in [2.75, 3.05) is 0 Å². The van der Waals surface area contributed by atoms with Gasteiger partial charge in [0.2, 0.25) is 0 Å². The van der Waals surface area contributed by atoms with Gasteiger partial charge in [-0.05, 0) is 0 Å². The van der Waals surface area contributed by atoms with E-state index in [2.05, 4.69) is 0 Å². The van der Waals surface area contributed by atoms with E-state index in [1.807, 2.05) is 0 Å². The first-order chi connectivity index (χ1) is 7.12. The summed E-state index contributed by atoms with van der Waals surface area (Å²) in [6, 6.07) is 0. The Morgan fingerprint density at radius 1 is 0.588 bits per heavy atom. The molecule has 0 saturated heterocycles. The van der Waals surface area contributed by atoms with Gasteiger partial charge in [0.05, 0.1) is 0 Å². The van der Waals surface area contributed by atoms with Crippen LogP contribution in [0.2, 0.25) is 0 Å². The van der Waals surface area contributed by atoms with Crippen LogP contribution in [-0.2, 0) is 0 Å². The second-order valence-electron chi connectivity index (χ2n) is 3.37. The van der Waals surface area contributed by atoms with Gasteiger partial charge < -0.3 is 0 Å². The Bertz CT molecular complexity index is 297. The number of halogens is 11. The Labute approximate surface area is 85.4 Å². The van der Waals surface area contributed by atoms with Crippen LogP contribution in [0.4, 0.5) is 48.3 Å². The fourth-order valence-corrected chi connectivity index (χ4v) is 1.42. The molecule has 1 aliphatic carbocycles. The van der Waals surface area contributed by atoms with Gasteiger partial charge in [0.15, 0.2) is 5.92 Å². The number of hydrogen-bond donors (Lipinski definition) is 0. The van der Waals surface area contributed by atoms with Crippen molar-refractivity contribution in [3.05, 3.63) is 0 Å². The van der Waals surface area contributed by atoms with Crippen molar-refractivity contribution in [1.29, 1.82) is 0 Å². The third-order valence-corrected chi connectivity index (χ3v) is 2.28. The van der Waals surface area contributed by atoms with Crippen LogP contribution in [0.1, 0.15) is 0 Å². The number of hydrogen-bond acceptors (Lipinski definition) is 0. The summed E-state index contributed by atoms with van der Waals surface area (Å²) >= 11 is 0. The van der Waals surface area contributed by atoms with E-state index in [1.54, 1.807) is 0 Å². The lowest BCUT2D eigenvalue weighted by molar-refractivity contribution is -0.303. The molecule has 1 saturated carbocycles. The lowest BCUT2D eigenvalue weighted by Crippen LogP contribution is -2.51. The largest absolute Gasteiger partial charge is 0.403 e. The predicted octanol–water partition coefficient (Wildman–Crippen LogP) is 3.72. The van der Waals surface area contributed by atoms with Crippen LogP contribution in [0, 0.1) is 5.92 Å². The lowest BCUT2D eigenvalue weighted by atomic mass is 10.0. The average molecular weight is 282 g/mol. The molecule has 1 fully saturated rings. The highest BCUT2D eigenvalue weighted by molar-refractivity contribution is 5.19. The Hall–Kier alpha value is -0.770. The highest BCUT2D eigenvalue weighted by Crippen LogP contribution is 2.69. The SMILES string of the molecule is FC(F)(F)C1C(F)(F)C(F)(F)C(F)(F)C1(F)F. The number of rotatable bonds is 0. The predicted molar refractivity (Wildman–Crippen MR) is 29.3 cm³/mol. The van der Waals surface area contributed by atoms with E-state index in [0.717, 1.165) is 0 Å². The van der Waals surface area contributed by atoms with Crippen molar-refractivity contribution < 1.29 is 48.3 Å². The monoisotopic (exact) mass is 282 g/mol. The fourth-order valence-electron chi connectivity index (χ4n) is 1.42. The third-order valence-electron chi connectivity index (χ3n) is 2.28. The summed E-state index contributed by atoms with van der Waals surface area (Å²) in [5, 5.41) is 0. The molecule has 0 radical (unpaired) electrons. The Morgan fingerprint density at radius 2 is 0.824 bits per heavy atom. The highest BCUT2D eigenvalue weighted by atomic mass is 19.4. The van der Waals surface area contributed by atoms with Gasteiger partial charge in [-0.1, -0.05) is 0 Å². The van der Waals surface area contributed by atoms with E-state index < -0.39 is 35.8 Å². The fraction of sp³-hybridized carbons (Fsp3) is 1.00. The van der Waals surface area contributed by atoms with Crippen molar-refractivity contribution in [3.8, 4) is 0 Å². The normalized spacial score (nSPS) is 30.5. The molecule has 0 heterocycles. The topological polar surface area (TPSA) is 0 Å². The number of alkyl halides is 11. The van der Waals surface area contributed by atoms with Crippen LogP contribution in [-0.4, -0.2) is 29.9 Å². The Balaban J connectivity index is 3.54. The second kappa shape index (κ2) is 2.97. The lowest BCUT2D eigenvalue weighted by Gasteiger charge is -2.25. The molecule has 0 nitrogen and oxygen atoms in total. The molecule has 0 N–H and O–H groups in total. The molecule has 0 unspecified atom stereocenters. The maximum Gasteiger partial charge on any atom is 0.403 e. The summed E-state index contributed by atoms with van der Waals surface area (Å²) in [5.41, 5.74) is 0. The van der Waals surface area contributed by atoms with E-state index in [0.29, 0.717) is 0 Å². The zero-order chi connectivity index (χ0) is 14.1. The van der Waals surface area contributed by atoms with E-state index in [1.165, 1.54) is 0 Å². The van der Waals surface area contributed by atoms with Crippen LogP contribution in [0.3, 0.4) is 0 Å². The minimum Gasteiger partial charge on any atom is -0.199 e. The highest BCUT2D eigenvalue weighted by Gasteiger charge is 2.97. The van der Waals surface area contributed by atoms with Gasteiger partial charge in [0.1, 0.15) is 0 Å². The van der Waals surface area contributed by atoms with Crippen molar-refractivity contribution in [3.63, 3.8) is 0 Å². The molecule has 0 atom stereocenters. The van der Waals surface area contributed by atoms with Gasteiger partial charge in [-0.15, -0.1) is 0 Å². The summed E-state index contributed by atoms with van der Waals surface area (Å²) in [5.74, 6) is -32.2. The molecule has 0 spiro atoms. The Kier molecular flexibility index (Phi) is 2.50. The van der Waals surface area contributed by atoms with Crippen molar-refractivity contribution >= 4 is 0 Å². The van der Waals surface area contributed by atoms with Crippen LogP contribution < -0.4 is 0 Å². The molecule has 1 rings (SSSR count). The second-order valence-corrected chi connectivity index (χ2v) is 3.37. The molecule has 11 heteroatoms. The summed E-state index contributed by atoms with van der Waals surface area (Å²) in [4.78, 5) is 0. The summed E-state index contributed by atoms with van der Waals surface area (Å²) in [6.45, 7) is 0. The zero-order valence-electron chi connectivity index (χ0n) is 7.23. The first-order valence-electron chi connectivity index (χ1n) is 3.69. The summed E-state index contributed by atoms with van der Waals surface area (Å²) < 4.78 is 134. The first-order valence-corrected chi connectivity index (χ1v) is 3.69. The molecule has 0 aromatic carbocycles. The van der Waals surface area contributed by atoms with Crippen LogP contribution >= 0.6 is 0 Å². The maximum absolute atomic E-state index is 12.4. The van der Waals surface area contributed by atoms with E-state index in [-0.39, 0.29) is 0 Å². The third kappa shape index (κ3) is 1.36. The summed E-state index contributed by atoms with van der Waals surface area (Å²) in [7, 11) is 0.